The van der Waals surface area contributed by atoms with E-state index in [-0.39, 0.29) is 18.6 Å². The maximum Gasteiger partial charge on any atom is 0.236 e. The predicted molar refractivity (Wildman–Crippen MR) is 70.8 cm³/mol. The molecule has 2 N–H and O–H groups in total. The summed E-state index contributed by atoms with van der Waals surface area (Å²) in [5.74, 6) is -0.0663. The fourth-order valence-electron chi connectivity index (χ4n) is 1.92. The molecule has 0 aliphatic carbocycles. The second kappa shape index (κ2) is 5.89. The van der Waals surface area contributed by atoms with Gasteiger partial charge in [-0.2, -0.15) is 0 Å². The van der Waals surface area contributed by atoms with E-state index in [9.17, 15) is 4.79 Å². The Bertz CT molecular complexity index is 454. The lowest BCUT2D eigenvalue weighted by Gasteiger charge is -2.33. The summed E-state index contributed by atoms with van der Waals surface area (Å²) < 4.78 is 5.65. The van der Waals surface area contributed by atoms with Crippen LogP contribution < -0.4 is 5.73 Å². The maximum absolute atomic E-state index is 11.6. The van der Waals surface area contributed by atoms with E-state index >= 15 is 0 Å². The van der Waals surface area contributed by atoms with E-state index in [0.717, 1.165) is 5.56 Å². The fourth-order valence-corrected chi connectivity index (χ4v) is 2.23. The molecular weight excluding hydrogens is 275 g/mol. The molecule has 1 aliphatic heterocycles. The van der Waals surface area contributed by atoms with Gasteiger partial charge in [-0.15, -0.1) is 0 Å². The highest BCUT2D eigenvalue weighted by molar-refractivity contribution is 6.42. The van der Waals surface area contributed by atoms with Crippen molar-refractivity contribution in [2.24, 2.45) is 5.73 Å². The van der Waals surface area contributed by atoms with Crippen LogP contribution in [0.4, 0.5) is 0 Å². The molecular formula is C12H14Cl2N2O2. The maximum atomic E-state index is 11.6. The number of nitrogens with zero attached hydrogens (tertiary/aromatic N) is 1. The van der Waals surface area contributed by atoms with Crippen LogP contribution in [0.5, 0.6) is 0 Å². The van der Waals surface area contributed by atoms with Crippen molar-refractivity contribution in [3.8, 4) is 0 Å². The average molecular weight is 289 g/mol. The lowest BCUT2D eigenvalue weighted by molar-refractivity contribution is -0.137. The van der Waals surface area contributed by atoms with E-state index in [1.165, 1.54) is 0 Å². The highest BCUT2D eigenvalue weighted by atomic mass is 35.5. The first-order valence-corrected chi connectivity index (χ1v) is 6.42. The van der Waals surface area contributed by atoms with Crippen LogP contribution in [0.1, 0.15) is 11.7 Å². The lowest BCUT2D eigenvalue weighted by atomic mass is 10.1. The standard InChI is InChI=1S/C12H14Cl2N2O2/c13-9-2-1-8(5-10(9)14)11-7-16(3-4-18-11)12(17)6-15/h1-2,5,11H,3-4,6-7,15H2. The largest absolute Gasteiger partial charge is 0.370 e. The third-order valence-electron chi connectivity index (χ3n) is 2.91. The Labute approximate surface area is 116 Å². The number of benzene rings is 1. The molecule has 1 saturated heterocycles. The molecule has 18 heavy (non-hydrogen) atoms. The quantitative estimate of drug-likeness (QED) is 0.904. The number of hydrogen-bond donors (Lipinski definition) is 1. The van der Waals surface area contributed by atoms with Crippen molar-refractivity contribution in [2.75, 3.05) is 26.2 Å². The average Bonchev–Trinajstić information content (AvgIpc) is 2.41. The van der Waals surface area contributed by atoms with Crippen LogP contribution in [0, 0.1) is 0 Å². The second-order valence-electron chi connectivity index (χ2n) is 4.08. The molecule has 0 aromatic heterocycles. The summed E-state index contributed by atoms with van der Waals surface area (Å²) in [5, 5.41) is 0.992. The Morgan fingerprint density at radius 3 is 2.89 bits per heavy atom. The van der Waals surface area contributed by atoms with Crippen molar-refractivity contribution in [2.45, 2.75) is 6.10 Å². The van der Waals surface area contributed by atoms with E-state index in [0.29, 0.717) is 29.7 Å². The summed E-state index contributed by atoms with van der Waals surface area (Å²) in [6, 6.07) is 5.35. The molecule has 1 aromatic rings. The molecule has 1 fully saturated rings. The van der Waals surface area contributed by atoms with Crippen molar-refractivity contribution >= 4 is 29.1 Å². The molecule has 0 saturated carbocycles. The van der Waals surface area contributed by atoms with Gasteiger partial charge in [0.2, 0.25) is 5.91 Å². The minimum atomic E-state index is -0.177. The van der Waals surface area contributed by atoms with Crippen LogP contribution in [0.15, 0.2) is 18.2 Å². The van der Waals surface area contributed by atoms with Crippen molar-refractivity contribution in [3.63, 3.8) is 0 Å². The zero-order chi connectivity index (χ0) is 13.1. The van der Waals surface area contributed by atoms with Crippen molar-refractivity contribution in [1.82, 2.24) is 4.90 Å². The van der Waals surface area contributed by atoms with Crippen LogP contribution in [-0.4, -0.2) is 37.0 Å². The SMILES string of the molecule is NCC(=O)N1CCOC(c2ccc(Cl)c(Cl)c2)C1. The Balaban J connectivity index is 2.13. The molecule has 6 heteroatoms. The second-order valence-corrected chi connectivity index (χ2v) is 4.89. The number of amides is 1. The highest BCUT2D eigenvalue weighted by Gasteiger charge is 2.24. The van der Waals surface area contributed by atoms with Gasteiger partial charge < -0.3 is 15.4 Å². The normalized spacial score (nSPS) is 19.9. The van der Waals surface area contributed by atoms with Crippen molar-refractivity contribution in [3.05, 3.63) is 33.8 Å². The Morgan fingerprint density at radius 2 is 2.22 bits per heavy atom. The van der Waals surface area contributed by atoms with Crippen molar-refractivity contribution < 1.29 is 9.53 Å². The van der Waals surface area contributed by atoms with E-state index in [1.807, 2.05) is 6.07 Å². The van der Waals surface area contributed by atoms with E-state index < -0.39 is 0 Å². The molecule has 1 unspecified atom stereocenters. The third kappa shape index (κ3) is 2.95. The van der Waals surface area contributed by atoms with Gasteiger partial charge in [-0.25, -0.2) is 0 Å². The first kappa shape index (κ1) is 13.6. The smallest absolute Gasteiger partial charge is 0.236 e. The van der Waals surface area contributed by atoms with Crippen LogP contribution in [0.2, 0.25) is 10.0 Å². The van der Waals surface area contributed by atoms with Gasteiger partial charge in [-0.05, 0) is 17.7 Å². The topological polar surface area (TPSA) is 55.6 Å². The van der Waals surface area contributed by atoms with Gasteiger partial charge in [0, 0.05) is 6.54 Å². The summed E-state index contributed by atoms with van der Waals surface area (Å²) >= 11 is 11.8. The lowest BCUT2D eigenvalue weighted by Crippen LogP contribution is -2.44. The van der Waals surface area contributed by atoms with Crippen LogP contribution in [-0.2, 0) is 9.53 Å². The van der Waals surface area contributed by atoms with E-state index in [1.54, 1.807) is 17.0 Å². The van der Waals surface area contributed by atoms with Gasteiger partial charge in [-0.1, -0.05) is 29.3 Å². The van der Waals surface area contributed by atoms with Gasteiger partial charge >= 0.3 is 0 Å². The molecule has 1 heterocycles. The third-order valence-corrected chi connectivity index (χ3v) is 3.65. The molecule has 0 radical (unpaired) electrons. The zero-order valence-corrected chi connectivity index (χ0v) is 11.2. The monoisotopic (exact) mass is 288 g/mol. The van der Waals surface area contributed by atoms with E-state index in [4.69, 9.17) is 33.7 Å². The van der Waals surface area contributed by atoms with Gasteiger partial charge in [0.15, 0.2) is 0 Å². The first-order valence-electron chi connectivity index (χ1n) is 5.66. The molecule has 1 amide bonds. The molecule has 1 aliphatic rings. The summed E-state index contributed by atoms with van der Waals surface area (Å²) in [7, 11) is 0. The molecule has 0 bridgehead atoms. The zero-order valence-electron chi connectivity index (χ0n) is 9.73. The van der Waals surface area contributed by atoms with Gasteiger partial charge in [0.25, 0.3) is 0 Å². The van der Waals surface area contributed by atoms with Crippen LogP contribution >= 0.6 is 23.2 Å². The molecule has 98 valence electrons. The number of carbonyl (C=O) groups is 1. The molecule has 1 atom stereocenters. The Morgan fingerprint density at radius 1 is 1.44 bits per heavy atom. The summed E-state index contributed by atoms with van der Waals surface area (Å²) in [4.78, 5) is 13.3. The summed E-state index contributed by atoms with van der Waals surface area (Å²) in [5.41, 5.74) is 6.28. The van der Waals surface area contributed by atoms with Crippen molar-refractivity contribution in [1.29, 1.82) is 0 Å². The summed E-state index contributed by atoms with van der Waals surface area (Å²) in [6.45, 7) is 1.59. The molecule has 4 nitrogen and oxygen atoms in total. The number of rotatable bonds is 2. The Hall–Kier alpha value is -0.810. The van der Waals surface area contributed by atoms with Crippen LogP contribution in [0.3, 0.4) is 0 Å². The number of ether oxygens (including phenoxy) is 1. The minimum absolute atomic E-state index is 0.0219. The summed E-state index contributed by atoms with van der Waals surface area (Å²) in [6.07, 6.45) is -0.177. The van der Waals surface area contributed by atoms with Gasteiger partial charge in [0.05, 0.1) is 29.7 Å². The predicted octanol–water partition coefficient (Wildman–Crippen LogP) is 1.85. The number of carbonyl (C=O) groups excluding carboxylic acids is 1. The molecule has 0 spiro atoms. The van der Waals surface area contributed by atoms with Gasteiger partial charge in [0.1, 0.15) is 6.10 Å². The highest BCUT2D eigenvalue weighted by Crippen LogP contribution is 2.28. The number of hydrogen-bond acceptors (Lipinski definition) is 3. The first-order chi connectivity index (χ1) is 8.61. The number of morpholine rings is 1. The molecule has 2 rings (SSSR count). The minimum Gasteiger partial charge on any atom is -0.370 e. The van der Waals surface area contributed by atoms with E-state index in [2.05, 4.69) is 0 Å². The van der Waals surface area contributed by atoms with Gasteiger partial charge in [-0.3, -0.25) is 4.79 Å². The van der Waals surface area contributed by atoms with Crippen LogP contribution in [0.25, 0.3) is 0 Å². The molecule has 1 aromatic carbocycles. The number of halogens is 2. The number of nitrogens with two attached hydrogens (primary N) is 1. The Kier molecular flexibility index (Phi) is 4.45. The fraction of sp³-hybridized carbons (Fsp3) is 0.417.